The van der Waals surface area contributed by atoms with E-state index < -0.39 is 0 Å². The van der Waals surface area contributed by atoms with Gasteiger partial charge in [0.25, 0.3) is 0 Å². The van der Waals surface area contributed by atoms with E-state index in [-0.39, 0.29) is 0 Å². The van der Waals surface area contributed by atoms with E-state index in [0.717, 1.165) is 26.1 Å². The Kier molecular flexibility index (Phi) is 5.81. The number of carbonyl (C=O) groups is 1. The van der Waals surface area contributed by atoms with Crippen LogP contribution in [-0.4, -0.2) is 36.5 Å². The summed E-state index contributed by atoms with van der Waals surface area (Å²) in [5, 5.41) is 3.47. The maximum Gasteiger partial charge on any atom is 0.222 e. The Morgan fingerprint density at radius 3 is 2.88 bits per heavy atom. The summed E-state index contributed by atoms with van der Waals surface area (Å²) in [4.78, 5) is 13.8. The molecule has 0 spiro atoms. The Balaban J connectivity index is 2.32. The predicted molar refractivity (Wildman–Crippen MR) is 67.4 cm³/mol. The van der Waals surface area contributed by atoms with E-state index in [0.29, 0.717) is 24.3 Å². The topological polar surface area (TPSA) is 32.3 Å². The molecule has 1 atom stereocenters. The van der Waals surface area contributed by atoms with E-state index in [1.807, 2.05) is 0 Å². The van der Waals surface area contributed by atoms with Crippen LogP contribution >= 0.6 is 0 Å². The summed E-state index contributed by atoms with van der Waals surface area (Å²) < 4.78 is 0. The SMILES string of the molecule is CCCC(=O)N1CCCC(CNC(C)C)C1. The molecule has 0 aromatic rings. The summed E-state index contributed by atoms with van der Waals surface area (Å²) >= 11 is 0. The molecule has 3 heteroatoms. The Hall–Kier alpha value is -0.570. The third kappa shape index (κ3) is 4.52. The molecule has 1 heterocycles. The van der Waals surface area contributed by atoms with Gasteiger partial charge in [-0.3, -0.25) is 4.79 Å². The molecule has 94 valence electrons. The van der Waals surface area contributed by atoms with Gasteiger partial charge in [-0.25, -0.2) is 0 Å². The lowest BCUT2D eigenvalue weighted by atomic mass is 9.97. The van der Waals surface area contributed by atoms with Gasteiger partial charge in [-0.15, -0.1) is 0 Å². The number of piperidine rings is 1. The second kappa shape index (κ2) is 6.89. The number of rotatable bonds is 5. The normalized spacial score (nSPS) is 21.5. The summed E-state index contributed by atoms with van der Waals surface area (Å²) in [7, 11) is 0. The van der Waals surface area contributed by atoms with Crippen molar-refractivity contribution in [3.8, 4) is 0 Å². The maximum atomic E-state index is 11.8. The van der Waals surface area contributed by atoms with Crippen molar-refractivity contribution in [2.24, 2.45) is 5.92 Å². The van der Waals surface area contributed by atoms with Crippen molar-refractivity contribution in [3.05, 3.63) is 0 Å². The van der Waals surface area contributed by atoms with E-state index in [1.54, 1.807) is 0 Å². The van der Waals surface area contributed by atoms with Crippen LogP contribution in [0.3, 0.4) is 0 Å². The Bertz CT molecular complexity index is 216. The fraction of sp³-hybridized carbons (Fsp3) is 0.923. The van der Waals surface area contributed by atoms with Gasteiger partial charge >= 0.3 is 0 Å². The standard InChI is InChI=1S/C13H26N2O/c1-4-6-13(16)15-8-5-7-12(10-15)9-14-11(2)3/h11-12,14H,4-10H2,1-3H3. The fourth-order valence-corrected chi connectivity index (χ4v) is 2.23. The van der Waals surface area contributed by atoms with E-state index in [1.165, 1.54) is 12.8 Å². The third-order valence-corrected chi connectivity index (χ3v) is 3.15. The number of nitrogens with one attached hydrogen (secondary N) is 1. The molecule has 1 N–H and O–H groups in total. The molecule has 1 saturated heterocycles. The van der Waals surface area contributed by atoms with Crippen LogP contribution in [0.1, 0.15) is 46.5 Å². The van der Waals surface area contributed by atoms with Crippen LogP contribution in [0, 0.1) is 5.92 Å². The second-order valence-electron chi connectivity index (χ2n) is 5.16. The minimum atomic E-state index is 0.344. The molecule has 0 radical (unpaired) electrons. The zero-order valence-corrected chi connectivity index (χ0v) is 11.0. The summed E-state index contributed by atoms with van der Waals surface area (Å²) in [6.45, 7) is 9.38. The first-order valence-corrected chi connectivity index (χ1v) is 6.64. The fourth-order valence-electron chi connectivity index (χ4n) is 2.23. The van der Waals surface area contributed by atoms with Gasteiger partial charge in [0.2, 0.25) is 5.91 Å². The number of hydrogen-bond donors (Lipinski definition) is 1. The van der Waals surface area contributed by atoms with Gasteiger partial charge in [0, 0.05) is 25.6 Å². The first-order chi connectivity index (χ1) is 7.63. The van der Waals surface area contributed by atoms with Gasteiger partial charge in [0.05, 0.1) is 0 Å². The van der Waals surface area contributed by atoms with E-state index >= 15 is 0 Å². The number of amides is 1. The summed E-state index contributed by atoms with van der Waals surface area (Å²) in [5.41, 5.74) is 0. The van der Waals surface area contributed by atoms with Crippen molar-refractivity contribution in [1.29, 1.82) is 0 Å². The van der Waals surface area contributed by atoms with Crippen LogP contribution < -0.4 is 5.32 Å². The highest BCUT2D eigenvalue weighted by molar-refractivity contribution is 5.76. The van der Waals surface area contributed by atoms with Crippen molar-refractivity contribution in [2.75, 3.05) is 19.6 Å². The molecule has 1 unspecified atom stereocenters. The highest BCUT2D eigenvalue weighted by Gasteiger charge is 2.22. The molecular formula is C13H26N2O. The van der Waals surface area contributed by atoms with Gasteiger partial charge < -0.3 is 10.2 Å². The van der Waals surface area contributed by atoms with E-state index in [2.05, 4.69) is 31.0 Å². The van der Waals surface area contributed by atoms with Crippen molar-refractivity contribution in [3.63, 3.8) is 0 Å². The summed E-state index contributed by atoms with van der Waals surface area (Å²) in [6, 6.07) is 0.543. The Labute approximate surface area is 99.6 Å². The molecule has 0 saturated carbocycles. The van der Waals surface area contributed by atoms with Gasteiger partial charge in [-0.1, -0.05) is 20.8 Å². The van der Waals surface area contributed by atoms with Crippen molar-refractivity contribution in [1.82, 2.24) is 10.2 Å². The Morgan fingerprint density at radius 2 is 2.25 bits per heavy atom. The van der Waals surface area contributed by atoms with Crippen LogP contribution in [0.4, 0.5) is 0 Å². The monoisotopic (exact) mass is 226 g/mol. The summed E-state index contributed by atoms with van der Waals surface area (Å²) in [5.74, 6) is 0.994. The molecule has 0 aliphatic carbocycles. The molecule has 1 aliphatic heterocycles. The van der Waals surface area contributed by atoms with Crippen LogP contribution in [0.25, 0.3) is 0 Å². The molecule has 1 rings (SSSR count). The van der Waals surface area contributed by atoms with Crippen LogP contribution in [0.15, 0.2) is 0 Å². The molecular weight excluding hydrogens is 200 g/mol. The number of likely N-dealkylation sites (tertiary alicyclic amines) is 1. The van der Waals surface area contributed by atoms with Crippen LogP contribution in [0.5, 0.6) is 0 Å². The highest BCUT2D eigenvalue weighted by atomic mass is 16.2. The first kappa shape index (κ1) is 13.5. The van der Waals surface area contributed by atoms with E-state index in [9.17, 15) is 4.79 Å². The van der Waals surface area contributed by atoms with E-state index in [4.69, 9.17) is 0 Å². The lowest BCUT2D eigenvalue weighted by Crippen LogP contribution is -2.43. The average Bonchev–Trinajstić information content (AvgIpc) is 2.27. The zero-order valence-electron chi connectivity index (χ0n) is 11.0. The second-order valence-corrected chi connectivity index (χ2v) is 5.16. The molecule has 1 aliphatic rings. The Morgan fingerprint density at radius 1 is 1.50 bits per heavy atom. The maximum absolute atomic E-state index is 11.8. The molecule has 16 heavy (non-hydrogen) atoms. The molecule has 0 aromatic heterocycles. The summed E-state index contributed by atoms with van der Waals surface area (Å²) in [6.07, 6.45) is 4.10. The smallest absolute Gasteiger partial charge is 0.222 e. The minimum absolute atomic E-state index is 0.344. The molecule has 3 nitrogen and oxygen atoms in total. The zero-order chi connectivity index (χ0) is 12.0. The molecule has 1 amide bonds. The van der Waals surface area contributed by atoms with Gasteiger partial charge in [0.15, 0.2) is 0 Å². The third-order valence-electron chi connectivity index (χ3n) is 3.15. The minimum Gasteiger partial charge on any atom is -0.342 e. The van der Waals surface area contributed by atoms with Gasteiger partial charge in [-0.2, -0.15) is 0 Å². The van der Waals surface area contributed by atoms with Gasteiger partial charge in [0.1, 0.15) is 0 Å². The number of nitrogens with zero attached hydrogens (tertiary/aromatic N) is 1. The largest absolute Gasteiger partial charge is 0.342 e. The van der Waals surface area contributed by atoms with Crippen molar-refractivity contribution >= 4 is 5.91 Å². The quantitative estimate of drug-likeness (QED) is 0.778. The van der Waals surface area contributed by atoms with Crippen LogP contribution in [0.2, 0.25) is 0 Å². The molecule has 0 bridgehead atoms. The van der Waals surface area contributed by atoms with Crippen LogP contribution in [-0.2, 0) is 4.79 Å². The lowest BCUT2D eigenvalue weighted by molar-refractivity contribution is -0.133. The number of hydrogen-bond acceptors (Lipinski definition) is 2. The van der Waals surface area contributed by atoms with Gasteiger partial charge in [-0.05, 0) is 31.7 Å². The lowest BCUT2D eigenvalue weighted by Gasteiger charge is -2.33. The van der Waals surface area contributed by atoms with Crippen molar-refractivity contribution < 1.29 is 4.79 Å². The highest BCUT2D eigenvalue weighted by Crippen LogP contribution is 2.17. The molecule has 1 fully saturated rings. The molecule has 0 aromatic carbocycles. The number of carbonyl (C=O) groups excluding carboxylic acids is 1. The predicted octanol–water partition coefficient (Wildman–Crippen LogP) is 2.02. The average molecular weight is 226 g/mol. The first-order valence-electron chi connectivity index (χ1n) is 6.64. The van der Waals surface area contributed by atoms with Crippen molar-refractivity contribution in [2.45, 2.75) is 52.5 Å².